The van der Waals surface area contributed by atoms with Crippen LogP contribution in [-0.2, 0) is 20.6 Å². The molecule has 1 heterocycles. The molecule has 1 aromatic rings. The van der Waals surface area contributed by atoms with Crippen molar-refractivity contribution in [2.75, 3.05) is 34.2 Å². The van der Waals surface area contributed by atoms with Crippen LogP contribution in [0.2, 0.25) is 0 Å². The Bertz CT molecular complexity index is 520. The summed E-state index contributed by atoms with van der Waals surface area (Å²) >= 11 is 0. The highest BCUT2D eigenvalue weighted by atomic mass is 16.7. The molecular weight excluding hydrogens is 308 g/mol. The predicted octanol–water partition coefficient (Wildman–Crippen LogP) is 3.71. The minimum Gasteiger partial charge on any atom is -0.493 e. The van der Waals surface area contributed by atoms with Crippen molar-refractivity contribution in [2.24, 2.45) is 0 Å². The van der Waals surface area contributed by atoms with Crippen molar-refractivity contribution in [2.45, 2.75) is 38.9 Å². The molecule has 1 aliphatic rings. The highest BCUT2D eigenvalue weighted by molar-refractivity contribution is 5.47. The maximum Gasteiger partial charge on any atom is 0.188 e. The van der Waals surface area contributed by atoms with Gasteiger partial charge in [-0.2, -0.15) is 0 Å². The SMILES string of the molecule is COCOc1c(C/C=C(/C)COC2CCCCO2)cccc1OC. The second kappa shape index (κ2) is 10.3. The summed E-state index contributed by atoms with van der Waals surface area (Å²) < 4.78 is 27.4. The summed E-state index contributed by atoms with van der Waals surface area (Å²) in [6, 6.07) is 5.88. The second-order valence-corrected chi connectivity index (χ2v) is 5.86. The van der Waals surface area contributed by atoms with Crippen molar-refractivity contribution < 1.29 is 23.7 Å². The highest BCUT2D eigenvalue weighted by Crippen LogP contribution is 2.31. The molecule has 1 fully saturated rings. The Balaban J connectivity index is 1.93. The molecule has 1 aliphatic heterocycles. The van der Waals surface area contributed by atoms with Crippen LogP contribution in [0.1, 0.15) is 31.7 Å². The number of hydrogen-bond donors (Lipinski definition) is 0. The van der Waals surface area contributed by atoms with Gasteiger partial charge in [-0.15, -0.1) is 0 Å². The van der Waals surface area contributed by atoms with E-state index >= 15 is 0 Å². The van der Waals surface area contributed by atoms with Crippen LogP contribution in [0.5, 0.6) is 11.5 Å². The van der Waals surface area contributed by atoms with Crippen LogP contribution in [0.15, 0.2) is 29.8 Å². The van der Waals surface area contributed by atoms with Gasteiger partial charge in [-0.1, -0.05) is 23.8 Å². The van der Waals surface area contributed by atoms with Gasteiger partial charge in [0.05, 0.1) is 13.7 Å². The summed E-state index contributed by atoms with van der Waals surface area (Å²) in [5.41, 5.74) is 2.23. The van der Waals surface area contributed by atoms with Crippen molar-refractivity contribution in [3.05, 3.63) is 35.4 Å². The molecule has 5 heteroatoms. The van der Waals surface area contributed by atoms with Gasteiger partial charge in [0, 0.05) is 19.3 Å². The van der Waals surface area contributed by atoms with Gasteiger partial charge in [0.25, 0.3) is 0 Å². The van der Waals surface area contributed by atoms with Gasteiger partial charge < -0.3 is 23.7 Å². The van der Waals surface area contributed by atoms with Crippen LogP contribution in [0.25, 0.3) is 0 Å². The Kier molecular flexibility index (Phi) is 8.08. The number of allylic oxidation sites excluding steroid dienone is 1. The van der Waals surface area contributed by atoms with Crippen molar-refractivity contribution in [1.29, 1.82) is 0 Å². The van der Waals surface area contributed by atoms with E-state index < -0.39 is 0 Å². The lowest BCUT2D eigenvalue weighted by molar-refractivity contribution is -0.156. The zero-order chi connectivity index (χ0) is 17.2. The van der Waals surface area contributed by atoms with Gasteiger partial charge in [-0.25, -0.2) is 0 Å². The lowest BCUT2D eigenvalue weighted by Gasteiger charge is -2.22. The van der Waals surface area contributed by atoms with E-state index in [0.717, 1.165) is 37.2 Å². The predicted molar refractivity (Wildman–Crippen MR) is 92.5 cm³/mol. The van der Waals surface area contributed by atoms with E-state index in [4.69, 9.17) is 23.7 Å². The first-order chi connectivity index (χ1) is 11.7. The molecule has 134 valence electrons. The van der Waals surface area contributed by atoms with Crippen LogP contribution in [-0.4, -0.2) is 40.5 Å². The van der Waals surface area contributed by atoms with Gasteiger partial charge in [-0.3, -0.25) is 0 Å². The van der Waals surface area contributed by atoms with E-state index in [2.05, 4.69) is 13.0 Å². The quantitative estimate of drug-likeness (QED) is 0.508. The van der Waals surface area contributed by atoms with Gasteiger partial charge in [0.2, 0.25) is 0 Å². The molecular formula is C19H28O5. The number of methoxy groups -OCH3 is 2. The van der Waals surface area contributed by atoms with Gasteiger partial charge >= 0.3 is 0 Å². The third-order valence-electron chi connectivity index (χ3n) is 3.91. The summed E-state index contributed by atoms with van der Waals surface area (Å²) in [6.45, 7) is 3.65. The molecule has 0 N–H and O–H groups in total. The second-order valence-electron chi connectivity index (χ2n) is 5.86. The van der Waals surface area contributed by atoms with E-state index in [-0.39, 0.29) is 13.1 Å². The summed E-state index contributed by atoms with van der Waals surface area (Å²) in [7, 11) is 3.24. The topological polar surface area (TPSA) is 46.2 Å². The lowest BCUT2D eigenvalue weighted by atomic mass is 10.1. The van der Waals surface area contributed by atoms with Crippen molar-refractivity contribution in [3.63, 3.8) is 0 Å². The first-order valence-corrected chi connectivity index (χ1v) is 8.41. The van der Waals surface area contributed by atoms with E-state index in [0.29, 0.717) is 12.4 Å². The minimum atomic E-state index is -0.0560. The first kappa shape index (κ1) is 18.8. The van der Waals surface area contributed by atoms with Crippen LogP contribution in [0, 0.1) is 0 Å². The average molecular weight is 336 g/mol. The average Bonchev–Trinajstić information content (AvgIpc) is 2.63. The molecule has 0 aliphatic carbocycles. The van der Waals surface area contributed by atoms with Crippen molar-refractivity contribution in [1.82, 2.24) is 0 Å². The number of hydrogen-bond acceptors (Lipinski definition) is 5. The van der Waals surface area contributed by atoms with E-state index in [1.54, 1.807) is 14.2 Å². The van der Waals surface area contributed by atoms with Crippen LogP contribution >= 0.6 is 0 Å². The first-order valence-electron chi connectivity index (χ1n) is 8.41. The number of benzene rings is 1. The summed E-state index contributed by atoms with van der Waals surface area (Å²) in [4.78, 5) is 0. The molecule has 24 heavy (non-hydrogen) atoms. The summed E-state index contributed by atoms with van der Waals surface area (Å²) in [5, 5.41) is 0. The normalized spacial score (nSPS) is 18.5. The Morgan fingerprint density at radius 1 is 1.29 bits per heavy atom. The molecule has 0 radical (unpaired) electrons. The molecule has 0 saturated carbocycles. The Hall–Kier alpha value is -1.56. The Labute approximate surface area is 144 Å². The van der Waals surface area contributed by atoms with Crippen molar-refractivity contribution in [3.8, 4) is 11.5 Å². The van der Waals surface area contributed by atoms with Crippen molar-refractivity contribution >= 4 is 0 Å². The third-order valence-corrected chi connectivity index (χ3v) is 3.91. The fourth-order valence-corrected chi connectivity index (χ4v) is 2.57. The van der Waals surface area contributed by atoms with Gasteiger partial charge in [0.1, 0.15) is 0 Å². The van der Waals surface area contributed by atoms with Crippen LogP contribution in [0.3, 0.4) is 0 Å². The van der Waals surface area contributed by atoms with Gasteiger partial charge in [-0.05, 0) is 38.7 Å². The zero-order valence-electron chi connectivity index (χ0n) is 14.9. The van der Waals surface area contributed by atoms with E-state index in [1.807, 2.05) is 18.2 Å². The molecule has 0 amide bonds. The molecule has 0 aromatic heterocycles. The molecule has 1 saturated heterocycles. The Morgan fingerprint density at radius 2 is 2.17 bits per heavy atom. The lowest BCUT2D eigenvalue weighted by Crippen LogP contribution is -2.22. The summed E-state index contributed by atoms with van der Waals surface area (Å²) in [5.74, 6) is 1.44. The molecule has 1 atom stereocenters. The largest absolute Gasteiger partial charge is 0.493 e. The van der Waals surface area contributed by atoms with E-state index in [9.17, 15) is 0 Å². The molecule has 0 bridgehead atoms. The fraction of sp³-hybridized carbons (Fsp3) is 0.579. The van der Waals surface area contributed by atoms with Crippen LogP contribution in [0.4, 0.5) is 0 Å². The summed E-state index contributed by atoms with van der Waals surface area (Å²) in [6.07, 6.45) is 6.14. The number of para-hydroxylation sites is 1. The molecule has 1 aromatic carbocycles. The number of rotatable bonds is 9. The van der Waals surface area contributed by atoms with Crippen LogP contribution < -0.4 is 9.47 Å². The van der Waals surface area contributed by atoms with Gasteiger partial charge in [0.15, 0.2) is 24.6 Å². The standard InChI is InChI=1S/C19H28O5/c1-15(13-23-18-9-4-5-12-22-18)10-11-16-7-6-8-17(21-3)19(16)24-14-20-2/h6-8,10,18H,4-5,9,11-14H2,1-3H3/b15-10-. The maximum absolute atomic E-state index is 5.81. The maximum atomic E-state index is 5.81. The smallest absolute Gasteiger partial charge is 0.188 e. The molecule has 0 spiro atoms. The fourth-order valence-electron chi connectivity index (χ4n) is 2.57. The number of ether oxygens (including phenoxy) is 5. The molecule has 2 rings (SSSR count). The Morgan fingerprint density at radius 3 is 2.88 bits per heavy atom. The third kappa shape index (κ3) is 5.82. The monoisotopic (exact) mass is 336 g/mol. The molecule has 1 unspecified atom stereocenters. The zero-order valence-corrected chi connectivity index (χ0v) is 14.9. The minimum absolute atomic E-state index is 0.0560. The molecule has 5 nitrogen and oxygen atoms in total. The van der Waals surface area contributed by atoms with E-state index in [1.165, 1.54) is 12.0 Å². The highest BCUT2D eigenvalue weighted by Gasteiger charge is 2.14.